The number of rotatable bonds is 4. The molecule has 1 amide bonds. The van der Waals surface area contributed by atoms with Crippen LogP contribution in [-0.4, -0.2) is 48.9 Å². The first-order chi connectivity index (χ1) is 12.7. The van der Waals surface area contributed by atoms with E-state index in [1.165, 1.54) is 18.2 Å². The normalized spacial score (nSPS) is 17.6. The van der Waals surface area contributed by atoms with Crippen LogP contribution < -0.4 is 0 Å². The first-order valence-corrected chi connectivity index (χ1v) is 9.89. The van der Waals surface area contributed by atoms with E-state index in [-0.39, 0.29) is 5.91 Å². The number of amides is 1. The van der Waals surface area contributed by atoms with Gasteiger partial charge in [0.2, 0.25) is 5.91 Å². The highest BCUT2D eigenvalue weighted by molar-refractivity contribution is 8.00. The fraction of sp³-hybridized carbons (Fsp3) is 0.368. The molecule has 26 heavy (non-hydrogen) atoms. The van der Waals surface area contributed by atoms with Crippen LogP contribution in [0.5, 0.6) is 0 Å². The number of hydrogen-bond donors (Lipinski definition) is 0. The highest BCUT2D eigenvalue weighted by Crippen LogP contribution is 2.27. The lowest BCUT2D eigenvalue weighted by molar-refractivity contribution is -0.131. The number of benzene rings is 1. The van der Waals surface area contributed by atoms with Gasteiger partial charge in [0.25, 0.3) is 0 Å². The highest BCUT2D eigenvalue weighted by Gasteiger charge is 2.23. The average molecular weight is 367 g/mol. The van der Waals surface area contributed by atoms with Gasteiger partial charge >= 0.3 is 0 Å². The van der Waals surface area contributed by atoms with Crippen molar-refractivity contribution in [2.45, 2.75) is 37.3 Å². The van der Waals surface area contributed by atoms with Crippen LogP contribution in [0.1, 0.15) is 26.2 Å². The molecular formula is C19H21N5OS. The zero-order valence-corrected chi connectivity index (χ0v) is 15.5. The van der Waals surface area contributed by atoms with Crippen LogP contribution in [0.4, 0.5) is 0 Å². The van der Waals surface area contributed by atoms with Crippen LogP contribution in [0.25, 0.3) is 16.7 Å². The largest absolute Gasteiger partial charge is 0.339 e. The molecule has 2 aromatic heterocycles. The summed E-state index contributed by atoms with van der Waals surface area (Å²) >= 11 is 1.47. The van der Waals surface area contributed by atoms with Gasteiger partial charge in [0.15, 0.2) is 5.65 Å². The Morgan fingerprint density at radius 2 is 2.08 bits per heavy atom. The third kappa shape index (κ3) is 3.31. The Morgan fingerprint density at radius 3 is 2.88 bits per heavy atom. The molecular weight excluding hydrogens is 346 g/mol. The predicted molar refractivity (Wildman–Crippen MR) is 102 cm³/mol. The Balaban J connectivity index is 1.54. The number of carbonyl (C=O) groups excluding carboxylic acids is 1. The molecule has 6 nitrogen and oxygen atoms in total. The van der Waals surface area contributed by atoms with Gasteiger partial charge in [0.05, 0.1) is 23.0 Å². The number of fused-ring (bicyclic) bond motifs is 1. The van der Waals surface area contributed by atoms with E-state index >= 15 is 0 Å². The van der Waals surface area contributed by atoms with Crippen molar-refractivity contribution in [3.05, 3.63) is 42.9 Å². The second kappa shape index (κ2) is 7.45. The Bertz CT molecular complexity index is 911. The quantitative estimate of drug-likeness (QED) is 0.523. The van der Waals surface area contributed by atoms with E-state index in [0.717, 1.165) is 41.1 Å². The molecule has 1 aromatic carbocycles. The standard InChI is InChI=1S/C19H21N5OS/c1-14-7-5-6-10-23(14)17(25)12-26-19-16-11-22-24(18(16)20-13-21-19)15-8-3-2-4-9-15/h2-4,8-9,11,13-14H,5-7,10,12H2,1H3. The summed E-state index contributed by atoms with van der Waals surface area (Å²) < 4.78 is 1.80. The van der Waals surface area contributed by atoms with E-state index in [0.29, 0.717) is 11.8 Å². The summed E-state index contributed by atoms with van der Waals surface area (Å²) in [4.78, 5) is 23.4. The maximum absolute atomic E-state index is 12.6. The van der Waals surface area contributed by atoms with Crippen LogP contribution in [-0.2, 0) is 4.79 Å². The molecule has 134 valence electrons. The molecule has 0 radical (unpaired) electrons. The van der Waals surface area contributed by atoms with E-state index < -0.39 is 0 Å². The summed E-state index contributed by atoms with van der Waals surface area (Å²) in [5.41, 5.74) is 1.71. The molecule has 0 spiro atoms. The Kier molecular flexibility index (Phi) is 4.88. The van der Waals surface area contributed by atoms with Gasteiger partial charge < -0.3 is 4.90 Å². The van der Waals surface area contributed by atoms with Crippen molar-refractivity contribution >= 4 is 28.7 Å². The van der Waals surface area contributed by atoms with Crippen LogP contribution >= 0.6 is 11.8 Å². The van der Waals surface area contributed by atoms with Crippen LogP contribution in [0, 0.1) is 0 Å². The van der Waals surface area contributed by atoms with Crippen molar-refractivity contribution in [2.24, 2.45) is 0 Å². The fourth-order valence-corrected chi connectivity index (χ4v) is 4.22. The number of carbonyl (C=O) groups is 1. The van der Waals surface area contributed by atoms with Gasteiger partial charge in [-0.15, -0.1) is 0 Å². The third-order valence-corrected chi connectivity index (χ3v) is 5.78. The maximum Gasteiger partial charge on any atom is 0.233 e. The molecule has 1 aliphatic rings. The average Bonchev–Trinajstić information content (AvgIpc) is 3.12. The number of aromatic nitrogens is 4. The monoisotopic (exact) mass is 367 g/mol. The summed E-state index contributed by atoms with van der Waals surface area (Å²) in [5, 5.41) is 6.14. The molecule has 0 N–H and O–H groups in total. The third-order valence-electron chi connectivity index (χ3n) is 4.79. The molecule has 1 aliphatic heterocycles. The Morgan fingerprint density at radius 1 is 1.23 bits per heavy atom. The summed E-state index contributed by atoms with van der Waals surface area (Å²) in [6.07, 6.45) is 6.72. The highest BCUT2D eigenvalue weighted by atomic mass is 32.2. The molecule has 3 aromatic rings. The van der Waals surface area contributed by atoms with Gasteiger partial charge in [-0.1, -0.05) is 30.0 Å². The minimum Gasteiger partial charge on any atom is -0.339 e. The smallest absolute Gasteiger partial charge is 0.233 e. The van der Waals surface area contributed by atoms with Gasteiger partial charge in [-0.05, 0) is 38.3 Å². The summed E-state index contributed by atoms with van der Waals surface area (Å²) in [6.45, 7) is 3.00. The minimum absolute atomic E-state index is 0.185. The maximum atomic E-state index is 12.6. The first kappa shape index (κ1) is 17.0. The molecule has 7 heteroatoms. The molecule has 0 saturated carbocycles. The first-order valence-electron chi connectivity index (χ1n) is 8.90. The lowest BCUT2D eigenvalue weighted by atomic mass is 10.0. The number of nitrogens with zero attached hydrogens (tertiary/aromatic N) is 5. The van der Waals surface area contributed by atoms with Crippen molar-refractivity contribution in [2.75, 3.05) is 12.3 Å². The van der Waals surface area contributed by atoms with Crippen molar-refractivity contribution in [3.8, 4) is 5.69 Å². The molecule has 1 saturated heterocycles. The van der Waals surface area contributed by atoms with E-state index in [9.17, 15) is 4.79 Å². The molecule has 1 unspecified atom stereocenters. The topological polar surface area (TPSA) is 63.9 Å². The van der Waals surface area contributed by atoms with Crippen molar-refractivity contribution in [1.82, 2.24) is 24.6 Å². The molecule has 1 fully saturated rings. The fourth-order valence-electron chi connectivity index (χ4n) is 3.38. The Hall–Kier alpha value is -2.41. The molecule has 4 rings (SSSR count). The SMILES string of the molecule is CC1CCCCN1C(=O)CSc1ncnc2c1cnn2-c1ccccc1. The number of hydrogen-bond acceptors (Lipinski definition) is 5. The lowest BCUT2D eigenvalue weighted by Crippen LogP contribution is -2.42. The van der Waals surface area contributed by atoms with Crippen LogP contribution in [0.2, 0.25) is 0 Å². The zero-order valence-electron chi connectivity index (χ0n) is 14.7. The number of para-hydroxylation sites is 1. The molecule has 3 heterocycles. The summed E-state index contributed by atoms with van der Waals surface area (Å²) in [5.74, 6) is 0.580. The van der Waals surface area contributed by atoms with E-state index in [4.69, 9.17) is 0 Å². The summed E-state index contributed by atoms with van der Waals surface area (Å²) in [7, 11) is 0. The molecule has 0 bridgehead atoms. The number of piperidine rings is 1. The zero-order chi connectivity index (χ0) is 17.9. The van der Waals surface area contributed by atoms with Crippen LogP contribution in [0.3, 0.4) is 0 Å². The van der Waals surface area contributed by atoms with E-state index in [1.807, 2.05) is 35.2 Å². The van der Waals surface area contributed by atoms with Crippen molar-refractivity contribution < 1.29 is 4.79 Å². The van der Waals surface area contributed by atoms with Crippen LogP contribution in [0.15, 0.2) is 47.9 Å². The van der Waals surface area contributed by atoms with E-state index in [2.05, 4.69) is 22.0 Å². The lowest BCUT2D eigenvalue weighted by Gasteiger charge is -2.33. The minimum atomic E-state index is 0.185. The van der Waals surface area contributed by atoms with E-state index in [1.54, 1.807) is 17.2 Å². The summed E-state index contributed by atoms with van der Waals surface area (Å²) in [6, 6.07) is 10.2. The Labute approximate surface area is 156 Å². The number of likely N-dealkylation sites (tertiary alicyclic amines) is 1. The predicted octanol–water partition coefficient (Wildman–Crippen LogP) is 3.31. The molecule has 1 atom stereocenters. The van der Waals surface area contributed by atoms with Gasteiger partial charge in [0, 0.05) is 12.6 Å². The van der Waals surface area contributed by atoms with Gasteiger partial charge in [-0.25, -0.2) is 14.6 Å². The van der Waals surface area contributed by atoms with Gasteiger partial charge in [-0.3, -0.25) is 4.79 Å². The second-order valence-corrected chi connectivity index (χ2v) is 7.49. The van der Waals surface area contributed by atoms with Crippen molar-refractivity contribution in [1.29, 1.82) is 0 Å². The number of thioether (sulfide) groups is 1. The van der Waals surface area contributed by atoms with Crippen molar-refractivity contribution in [3.63, 3.8) is 0 Å². The molecule has 0 aliphatic carbocycles. The second-order valence-electron chi connectivity index (χ2n) is 6.53. The van der Waals surface area contributed by atoms with Gasteiger partial charge in [-0.2, -0.15) is 5.10 Å². The van der Waals surface area contributed by atoms with Gasteiger partial charge in [0.1, 0.15) is 11.4 Å².